The van der Waals surface area contributed by atoms with Gasteiger partial charge in [-0.15, -0.1) is 0 Å². The topological polar surface area (TPSA) is 115 Å². The molecule has 220 valence electrons. The predicted octanol–water partition coefficient (Wildman–Crippen LogP) is 3.77. The Bertz CT molecular complexity index is 1230. The molecule has 3 fully saturated rings. The summed E-state index contributed by atoms with van der Waals surface area (Å²) >= 11 is 0. The van der Waals surface area contributed by atoms with Gasteiger partial charge in [0.15, 0.2) is 0 Å². The summed E-state index contributed by atoms with van der Waals surface area (Å²) < 4.78 is 20.7. The summed E-state index contributed by atoms with van der Waals surface area (Å²) in [4.78, 5) is 28.1. The average Bonchev–Trinajstić information content (AvgIpc) is 3.37. The van der Waals surface area contributed by atoms with Crippen LogP contribution in [0.15, 0.2) is 30.4 Å². The molecule has 0 spiro atoms. The molecule has 1 aliphatic carbocycles. The number of carbonyl (C=O) groups excluding carboxylic acids is 2. The van der Waals surface area contributed by atoms with Crippen LogP contribution in [0.2, 0.25) is 0 Å². The summed E-state index contributed by atoms with van der Waals surface area (Å²) in [6.07, 6.45) is 3.00. The van der Waals surface area contributed by atoms with Crippen LogP contribution < -0.4 is 21.2 Å². The van der Waals surface area contributed by atoms with E-state index in [1.54, 1.807) is 0 Å². The Morgan fingerprint density at radius 3 is 2.50 bits per heavy atom. The molecule has 4 rings (SSSR count). The molecule has 4 atom stereocenters. The van der Waals surface area contributed by atoms with Crippen LogP contribution in [0.4, 0.5) is 16.2 Å². The molecule has 1 aromatic carbocycles. The first-order valence-electron chi connectivity index (χ1n) is 14.0. The number of amides is 2. The van der Waals surface area contributed by atoms with Crippen LogP contribution in [0.3, 0.4) is 0 Å². The fourth-order valence-electron chi connectivity index (χ4n) is 5.80. The molecule has 1 aromatic rings. The lowest BCUT2D eigenvalue weighted by atomic mass is 9.79. The smallest absolute Gasteiger partial charge is 0.473 e. The average molecular weight is 572 g/mol. The Hall–Kier alpha value is -2.59. The molecule has 3 aliphatic rings. The van der Waals surface area contributed by atoms with Crippen LogP contribution in [0, 0.1) is 17.5 Å². The van der Waals surface area contributed by atoms with Crippen LogP contribution >= 0.6 is 0 Å². The van der Waals surface area contributed by atoms with E-state index in [1.165, 1.54) is 7.11 Å². The lowest BCUT2D eigenvalue weighted by Gasteiger charge is -2.43. The molecule has 40 heavy (non-hydrogen) atoms. The Kier molecular flexibility index (Phi) is 8.62. The van der Waals surface area contributed by atoms with Crippen LogP contribution in [0.25, 0.3) is 0 Å². The largest absolute Gasteiger partial charge is 0.494 e. The number of likely N-dealkylation sites (tertiary alicyclic amines) is 1. The van der Waals surface area contributed by atoms with Crippen LogP contribution in [0.1, 0.15) is 67.2 Å². The molecule has 2 amide bonds. The van der Waals surface area contributed by atoms with Gasteiger partial charge in [-0.2, -0.15) is 0 Å². The number of hydrogen-bond donors (Lipinski definition) is 3. The minimum Gasteiger partial charge on any atom is -0.473 e. The first-order valence-corrected chi connectivity index (χ1v) is 15.4. The molecule has 0 bridgehead atoms. The minimum atomic E-state index is -0.965. The second-order valence-electron chi connectivity index (χ2n) is 12.5. The van der Waals surface area contributed by atoms with Crippen molar-refractivity contribution in [1.82, 2.24) is 10.2 Å². The Morgan fingerprint density at radius 2 is 1.90 bits per heavy atom. The van der Waals surface area contributed by atoms with Crippen molar-refractivity contribution in [2.75, 3.05) is 17.6 Å². The zero-order valence-electron chi connectivity index (χ0n) is 24.8. The van der Waals surface area contributed by atoms with Gasteiger partial charge in [-0.3, -0.25) is 4.79 Å². The maximum Gasteiger partial charge on any atom is 0.494 e. The molecule has 0 aromatic heterocycles. The molecule has 2 aliphatic heterocycles. The molecule has 11 heteroatoms. The molecular formula is C29H44BN4O5S-. The fourth-order valence-corrected chi connectivity index (χ4v) is 7.30. The lowest BCUT2D eigenvalue weighted by molar-refractivity contribution is -0.135. The van der Waals surface area contributed by atoms with Crippen molar-refractivity contribution in [2.24, 2.45) is 11.8 Å². The van der Waals surface area contributed by atoms with Gasteiger partial charge in [-0.25, -0.2) is 4.79 Å². The highest BCUT2D eigenvalue weighted by Gasteiger charge is 2.52. The summed E-state index contributed by atoms with van der Waals surface area (Å²) in [6.45, 7) is 16.2. The van der Waals surface area contributed by atoms with Gasteiger partial charge < -0.3 is 50.9 Å². The highest BCUT2D eigenvalue weighted by atomic mass is 32.2. The number of alkyl carbamates (subject to hydrolysis) is 1. The Labute approximate surface area is 241 Å². The third kappa shape index (κ3) is 5.75. The third-order valence-electron chi connectivity index (χ3n) is 8.82. The van der Waals surface area contributed by atoms with Crippen molar-refractivity contribution in [2.45, 2.75) is 95.9 Å². The van der Waals surface area contributed by atoms with Gasteiger partial charge in [0.1, 0.15) is 6.04 Å². The van der Waals surface area contributed by atoms with Crippen LogP contribution in [-0.4, -0.2) is 59.8 Å². The van der Waals surface area contributed by atoms with Gasteiger partial charge in [0, 0.05) is 5.69 Å². The van der Waals surface area contributed by atoms with E-state index in [0.29, 0.717) is 11.4 Å². The van der Waals surface area contributed by atoms with Gasteiger partial charge in [-0.1, -0.05) is 32.1 Å². The number of hydrogen-bond acceptors (Lipinski definition) is 8. The van der Waals surface area contributed by atoms with Gasteiger partial charge in [0.05, 0.1) is 30.0 Å². The quantitative estimate of drug-likeness (QED) is 0.213. The maximum atomic E-state index is 14.1. The summed E-state index contributed by atoms with van der Waals surface area (Å²) in [5.74, 6) is -0.0672. The first kappa shape index (κ1) is 30.4. The summed E-state index contributed by atoms with van der Waals surface area (Å²) in [6, 6.07) is 4.74. The maximum absolute atomic E-state index is 14.1. The monoisotopic (exact) mass is 571 g/mol. The first-order chi connectivity index (χ1) is 18.7. The second-order valence-corrected chi connectivity index (χ2v) is 13.9. The highest BCUT2D eigenvalue weighted by Crippen LogP contribution is 2.43. The molecule has 2 saturated heterocycles. The standard InChI is InChI=1S/C29H44BN4O5S/c1-17(2)24(32-27(36)37-8)26(35)34-23(15-19-12-10-11-18(3)25(19)34)40(9)33-22-16-20(13-14-21(22)31)30-38-28(4,5)29(6,7)39-30/h9,13-14,16-17,19,23-25,33H,3,10-12,15,31H2,1-2,4-8H3,(H,32,36)/q-1. The normalized spacial score (nSPS) is 26.1. The number of carbonyl (C=O) groups is 2. The van der Waals surface area contributed by atoms with E-state index in [2.05, 4.69) is 16.6 Å². The number of nitrogens with two attached hydrogens (primary N) is 1. The van der Waals surface area contributed by atoms with E-state index in [4.69, 9.17) is 25.5 Å². The van der Waals surface area contributed by atoms with Crippen molar-refractivity contribution in [3.63, 3.8) is 0 Å². The van der Waals surface area contributed by atoms with Gasteiger partial charge in [-0.05, 0) is 88.2 Å². The van der Waals surface area contributed by atoms with Crippen LogP contribution in [0.5, 0.6) is 0 Å². The van der Waals surface area contributed by atoms with Gasteiger partial charge in [0.2, 0.25) is 5.91 Å². The molecule has 1 saturated carbocycles. The van der Waals surface area contributed by atoms with Crippen molar-refractivity contribution in [3.8, 4) is 5.69 Å². The third-order valence-corrected chi connectivity index (χ3v) is 10.3. The number of benzene rings is 1. The number of nitrogens with one attached hydrogen (secondary N) is 2. The molecule has 2 heterocycles. The SMILES string of the molecule is C#[S-](Nc1cc(B2OC(C)(C)C(C)(C)O2)ccc1N)C1CC2CCCC(=C)C2N1C(=O)C(NC(=O)OC)C(C)C. The number of methoxy groups -OCH3 is 1. The van der Waals surface area contributed by atoms with E-state index in [0.717, 1.165) is 36.7 Å². The number of fused-ring (bicyclic) bond motifs is 1. The van der Waals surface area contributed by atoms with Gasteiger partial charge >= 0.3 is 13.2 Å². The van der Waals surface area contributed by atoms with Gasteiger partial charge in [0.25, 0.3) is 0 Å². The minimum absolute atomic E-state index is 0.124. The number of nitrogens with zero attached hydrogens (tertiary/aromatic N) is 1. The number of anilines is 2. The van der Waals surface area contributed by atoms with E-state index in [-0.39, 0.29) is 29.2 Å². The molecule has 4 N–H and O–H groups in total. The van der Waals surface area contributed by atoms with Crippen molar-refractivity contribution in [1.29, 1.82) is 0 Å². The number of ether oxygens (including phenoxy) is 1. The summed E-state index contributed by atoms with van der Waals surface area (Å²) in [7, 11) is -0.219. The summed E-state index contributed by atoms with van der Waals surface area (Å²) in [5.41, 5.74) is 15.4. The van der Waals surface area contributed by atoms with E-state index in [9.17, 15) is 9.59 Å². The molecule has 4 unspecified atom stereocenters. The Morgan fingerprint density at radius 1 is 1.25 bits per heavy atom. The second kappa shape index (κ2) is 11.4. The Balaban J connectivity index is 1.62. The number of nitrogen functional groups attached to an aromatic ring is 1. The summed E-state index contributed by atoms with van der Waals surface area (Å²) in [5, 5.41) is 2.43. The van der Waals surface area contributed by atoms with E-state index < -0.39 is 40.9 Å². The molecule has 9 nitrogen and oxygen atoms in total. The zero-order valence-corrected chi connectivity index (χ0v) is 25.6. The van der Waals surface area contributed by atoms with Crippen molar-refractivity contribution >= 4 is 46.4 Å². The van der Waals surface area contributed by atoms with E-state index >= 15 is 0 Å². The highest BCUT2D eigenvalue weighted by molar-refractivity contribution is 7.88. The molecule has 0 radical (unpaired) electrons. The zero-order chi connectivity index (χ0) is 29.6. The predicted molar refractivity (Wildman–Crippen MR) is 162 cm³/mol. The number of rotatable bonds is 5. The van der Waals surface area contributed by atoms with Crippen molar-refractivity contribution < 1.29 is 23.6 Å². The van der Waals surface area contributed by atoms with Crippen LogP contribution in [-0.2, 0) is 29.3 Å². The molecular weight excluding hydrogens is 527 g/mol. The van der Waals surface area contributed by atoms with Crippen molar-refractivity contribution in [3.05, 3.63) is 30.4 Å². The fraction of sp³-hybridized carbons (Fsp3) is 0.621. The lowest BCUT2D eigenvalue weighted by Crippen LogP contribution is -2.56. The van der Waals surface area contributed by atoms with E-state index in [1.807, 2.05) is 64.6 Å².